The van der Waals surface area contributed by atoms with Gasteiger partial charge in [-0.1, -0.05) is 36.8 Å². The zero-order valence-corrected chi connectivity index (χ0v) is 13.1. The molecular formula is C17H28N2O2. The van der Waals surface area contributed by atoms with Gasteiger partial charge in [-0.2, -0.15) is 0 Å². The van der Waals surface area contributed by atoms with Gasteiger partial charge in [0, 0.05) is 19.7 Å². The zero-order valence-electron chi connectivity index (χ0n) is 13.1. The van der Waals surface area contributed by atoms with Crippen molar-refractivity contribution >= 4 is 0 Å². The number of nitrogens with zero attached hydrogens (tertiary/aromatic N) is 1. The molecule has 0 aliphatic carbocycles. The van der Waals surface area contributed by atoms with Crippen molar-refractivity contribution in [3.05, 3.63) is 35.9 Å². The normalized spacial score (nSPS) is 17.8. The summed E-state index contributed by atoms with van der Waals surface area (Å²) in [5.41, 5.74) is 1.33. The van der Waals surface area contributed by atoms with Crippen LogP contribution in [-0.4, -0.2) is 51.6 Å². The standard InChI is InChI=1S/C17H28N2O2/c1-20-12-13-21-15-18-17(16-8-4-2-5-9-16)14-19-10-6-3-7-11-19/h2,4-5,8-9,17-18H,3,6-7,10-15H2,1H3/t17-/m0/s1. The van der Waals surface area contributed by atoms with E-state index >= 15 is 0 Å². The third kappa shape index (κ3) is 6.14. The molecule has 4 nitrogen and oxygen atoms in total. The van der Waals surface area contributed by atoms with Crippen molar-refractivity contribution in [1.29, 1.82) is 0 Å². The summed E-state index contributed by atoms with van der Waals surface area (Å²) in [5.74, 6) is 0. The van der Waals surface area contributed by atoms with Crippen LogP contribution in [0.15, 0.2) is 30.3 Å². The summed E-state index contributed by atoms with van der Waals surface area (Å²) in [6, 6.07) is 11.0. The van der Waals surface area contributed by atoms with Gasteiger partial charge in [0.1, 0.15) is 0 Å². The molecule has 21 heavy (non-hydrogen) atoms. The molecule has 1 fully saturated rings. The van der Waals surface area contributed by atoms with Gasteiger partial charge >= 0.3 is 0 Å². The zero-order chi connectivity index (χ0) is 14.8. The molecule has 0 saturated carbocycles. The van der Waals surface area contributed by atoms with Crippen LogP contribution in [0, 0.1) is 0 Å². The second kappa shape index (κ2) is 9.90. The van der Waals surface area contributed by atoms with Gasteiger partial charge in [0.05, 0.1) is 19.9 Å². The number of piperidine rings is 1. The van der Waals surface area contributed by atoms with Crippen LogP contribution in [0.5, 0.6) is 0 Å². The van der Waals surface area contributed by atoms with Gasteiger partial charge in [0.2, 0.25) is 0 Å². The van der Waals surface area contributed by atoms with Crippen LogP contribution in [0.2, 0.25) is 0 Å². The van der Waals surface area contributed by atoms with Gasteiger partial charge in [-0.25, -0.2) is 0 Å². The van der Waals surface area contributed by atoms with Gasteiger partial charge in [0.25, 0.3) is 0 Å². The van der Waals surface area contributed by atoms with Crippen molar-refractivity contribution in [3.8, 4) is 0 Å². The highest BCUT2D eigenvalue weighted by molar-refractivity contribution is 5.19. The first-order valence-electron chi connectivity index (χ1n) is 7.97. The average Bonchev–Trinajstić information content (AvgIpc) is 2.55. The summed E-state index contributed by atoms with van der Waals surface area (Å²) >= 11 is 0. The van der Waals surface area contributed by atoms with E-state index in [0.29, 0.717) is 26.0 Å². The minimum atomic E-state index is 0.326. The van der Waals surface area contributed by atoms with E-state index in [-0.39, 0.29) is 0 Å². The lowest BCUT2D eigenvalue weighted by molar-refractivity contribution is 0.0531. The van der Waals surface area contributed by atoms with E-state index in [2.05, 4.69) is 40.5 Å². The average molecular weight is 292 g/mol. The first-order valence-corrected chi connectivity index (χ1v) is 7.97. The first kappa shape index (κ1) is 16.4. The molecule has 0 radical (unpaired) electrons. The second-order valence-corrected chi connectivity index (χ2v) is 5.57. The maximum absolute atomic E-state index is 5.56. The molecule has 0 amide bonds. The maximum atomic E-state index is 5.56. The van der Waals surface area contributed by atoms with E-state index in [0.717, 1.165) is 6.54 Å². The molecule has 1 N–H and O–H groups in total. The lowest BCUT2D eigenvalue weighted by atomic mass is 10.0. The van der Waals surface area contributed by atoms with Crippen LogP contribution < -0.4 is 5.32 Å². The third-order valence-corrected chi connectivity index (χ3v) is 3.95. The van der Waals surface area contributed by atoms with Crippen molar-refractivity contribution in [2.45, 2.75) is 25.3 Å². The minimum Gasteiger partial charge on any atom is -0.382 e. The Morgan fingerprint density at radius 3 is 2.57 bits per heavy atom. The molecule has 1 aliphatic rings. The number of benzene rings is 1. The fourth-order valence-corrected chi connectivity index (χ4v) is 2.75. The summed E-state index contributed by atoms with van der Waals surface area (Å²) in [4.78, 5) is 2.56. The number of likely N-dealkylation sites (tertiary alicyclic amines) is 1. The van der Waals surface area contributed by atoms with Crippen LogP contribution in [0.25, 0.3) is 0 Å². The van der Waals surface area contributed by atoms with Gasteiger partial charge < -0.3 is 14.4 Å². The van der Waals surface area contributed by atoms with Crippen LogP contribution in [0.3, 0.4) is 0 Å². The van der Waals surface area contributed by atoms with Crippen molar-refractivity contribution < 1.29 is 9.47 Å². The highest BCUT2D eigenvalue weighted by Crippen LogP contribution is 2.17. The van der Waals surface area contributed by atoms with Crippen LogP contribution >= 0.6 is 0 Å². The number of hydrogen-bond acceptors (Lipinski definition) is 4. The van der Waals surface area contributed by atoms with E-state index in [1.54, 1.807) is 7.11 Å². The molecule has 118 valence electrons. The van der Waals surface area contributed by atoms with Crippen LogP contribution in [0.1, 0.15) is 30.9 Å². The number of methoxy groups -OCH3 is 1. The highest BCUT2D eigenvalue weighted by atomic mass is 16.5. The Morgan fingerprint density at radius 2 is 1.86 bits per heavy atom. The summed E-state index contributed by atoms with van der Waals surface area (Å²) in [7, 11) is 1.69. The number of rotatable bonds is 9. The van der Waals surface area contributed by atoms with Crippen LogP contribution in [0.4, 0.5) is 0 Å². The van der Waals surface area contributed by atoms with E-state index < -0.39 is 0 Å². The van der Waals surface area contributed by atoms with Gasteiger partial charge in [-0.3, -0.25) is 5.32 Å². The Balaban J connectivity index is 1.84. The van der Waals surface area contributed by atoms with E-state index in [9.17, 15) is 0 Å². The minimum absolute atomic E-state index is 0.326. The topological polar surface area (TPSA) is 33.7 Å². The summed E-state index contributed by atoms with van der Waals surface area (Å²) in [6.45, 7) is 5.33. The lowest BCUT2D eigenvalue weighted by Gasteiger charge is -2.31. The van der Waals surface area contributed by atoms with E-state index in [1.807, 2.05) is 0 Å². The number of hydrogen-bond donors (Lipinski definition) is 1. The summed E-state index contributed by atoms with van der Waals surface area (Å²) in [5, 5.41) is 3.52. The summed E-state index contributed by atoms with van der Waals surface area (Å²) in [6.07, 6.45) is 4.03. The molecule has 1 aromatic carbocycles. The van der Waals surface area contributed by atoms with E-state index in [4.69, 9.17) is 9.47 Å². The second-order valence-electron chi connectivity index (χ2n) is 5.57. The Labute approximate surface area is 128 Å². The molecule has 1 aliphatic heterocycles. The van der Waals surface area contributed by atoms with Crippen molar-refractivity contribution in [1.82, 2.24) is 10.2 Å². The van der Waals surface area contributed by atoms with E-state index in [1.165, 1.54) is 37.9 Å². The monoisotopic (exact) mass is 292 g/mol. The molecule has 4 heteroatoms. The first-order chi connectivity index (χ1) is 10.4. The Kier molecular flexibility index (Phi) is 7.75. The Morgan fingerprint density at radius 1 is 1.10 bits per heavy atom. The molecule has 2 rings (SSSR count). The molecular weight excluding hydrogens is 264 g/mol. The molecule has 0 bridgehead atoms. The predicted octanol–water partition coefficient (Wildman–Crippen LogP) is 2.42. The van der Waals surface area contributed by atoms with Crippen LogP contribution in [-0.2, 0) is 9.47 Å². The fourth-order valence-electron chi connectivity index (χ4n) is 2.75. The molecule has 0 unspecified atom stereocenters. The molecule has 1 atom stereocenters. The molecule has 1 heterocycles. The van der Waals surface area contributed by atoms with Gasteiger partial charge in [0.15, 0.2) is 0 Å². The lowest BCUT2D eigenvalue weighted by Crippen LogP contribution is -2.39. The Bertz CT molecular complexity index is 366. The number of nitrogens with one attached hydrogen (secondary N) is 1. The SMILES string of the molecule is COCCOCN[C@@H](CN1CCCCC1)c1ccccc1. The van der Waals surface area contributed by atoms with Crippen molar-refractivity contribution in [2.24, 2.45) is 0 Å². The highest BCUT2D eigenvalue weighted by Gasteiger charge is 2.17. The smallest absolute Gasteiger partial charge is 0.0971 e. The quantitative estimate of drug-likeness (QED) is 0.560. The molecule has 1 aromatic rings. The summed E-state index contributed by atoms with van der Waals surface area (Å²) < 4.78 is 10.6. The van der Waals surface area contributed by atoms with Crippen molar-refractivity contribution in [2.75, 3.05) is 46.7 Å². The third-order valence-electron chi connectivity index (χ3n) is 3.95. The molecule has 0 aromatic heterocycles. The van der Waals surface area contributed by atoms with Crippen molar-refractivity contribution in [3.63, 3.8) is 0 Å². The predicted molar refractivity (Wildman–Crippen MR) is 85.3 cm³/mol. The van der Waals surface area contributed by atoms with Gasteiger partial charge in [-0.15, -0.1) is 0 Å². The fraction of sp³-hybridized carbons (Fsp3) is 0.647. The molecule has 1 saturated heterocycles. The van der Waals surface area contributed by atoms with Gasteiger partial charge in [-0.05, 0) is 31.5 Å². The largest absolute Gasteiger partial charge is 0.382 e. The number of ether oxygens (including phenoxy) is 2. The Hall–Kier alpha value is -0.940. The maximum Gasteiger partial charge on any atom is 0.0971 e. The molecule has 0 spiro atoms.